The molecule has 1 fully saturated rings. The van der Waals surface area contributed by atoms with Gasteiger partial charge in [-0.2, -0.15) is 0 Å². The van der Waals surface area contributed by atoms with Crippen molar-refractivity contribution in [3.05, 3.63) is 0 Å². The lowest BCUT2D eigenvalue weighted by atomic mass is 9.93. The Morgan fingerprint density at radius 2 is 2.17 bits per heavy atom. The summed E-state index contributed by atoms with van der Waals surface area (Å²) in [7, 11) is 3.55. The second kappa shape index (κ2) is 6.53. The molecule has 0 N–H and O–H groups in total. The Hall–Kier alpha value is -0.610. The zero-order valence-electron chi connectivity index (χ0n) is 12.5. The number of ether oxygens (including phenoxy) is 1. The summed E-state index contributed by atoms with van der Waals surface area (Å²) >= 11 is 0. The van der Waals surface area contributed by atoms with Gasteiger partial charge in [0.25, 0.3) is 0 Å². The van der Waals surface area contributed by atoms with Gasteiger partial charge in [-0.15, -0.1) is 0 Å². The number of carbonyl (C=O) groups excluding carboxylic acids is 1. The molecule has 0 saturated carbocycles. The van der Waals surface area contributed by atoms with Gasteiger partial charge in [0.05, 0.1) is 12.5 Å². The zero-order valence-corrected chi connectivity index (χ0v) is 12.5. The molecule has 18 heavy (non-hydrogen) atoms. The van der Waals surface area contributed by atoms with Gasteiger partial charge in [0.1, 0.15) is 0 Å². The molecule has 0 spiro atoms. The first-order valence-corrected chi connectivity index (χ1v) is 6.91. The van der Waals surface area contributed by atoms with Gasteiger partial charge in [-0.05, 0) is 46.8 Å². The first-order chi connectivity index (χ1) is 8.40. The van der Waals surface area contributed by atoms with Crippen molar-refractivity contribution in [1.82, 2.24) is 9.80 Å². The lowest BCUT2D eigenvalue weighted by Crippen LogP contribution is -2.44. The molecule has 1 aliphatic heterocycles. The van der Waals surface area contributed by atoms with Gasteiger partial charge < -0.3 is 9.64 Å². The van der Waals surface area contributed by atoms with Gasteiger partial charge >= 0.3 is 5.97 Å². The molecule has 0 aromatic heterocycles. The van der Waals surface area contributed by atoms with E-state index in [9.17, 15) is 4.79 Å². The average Bonchev–Trinajstić information content (AvgIpc) is 2.74. The molecule has 0 aromatic rings. The Balaban J connectivity index is 2.46. The lowest BCUT2D eigenvalue weighted by molar-refractivity contribution is -0.151. The molecule has 4 heteroatoms. The van der Waals surface area contributed by atoms with Gasteiger partial charge in [0.2, 0.25) is 0 Å². The standard InChI is InChI=1S/C14H28N2O2/c1-6-16-9-7-8-12(16)10-15(4)11-14(2,3)13(17)18-5/h12H,6-11H2,1-5H3. The van der Waals surface area contributed by atoms with Gasteiger partial charge in [0.15, 0.2) is 0 Å². The third kappa shape index (κ3) is 3.95. The van der Waals surface area contributed by atoms with Crippen LogP contribution in [-0.2, 0) is 9.53 Å². The number of hydrogen-bond acceptors (Lipinski definition) is 4. The summed E-state index contributed by atoms with van der Waals surface area (Å²) in [4.78, 5) is 16.5. The maximum atomic E-state index is 11.7. The van der Waals surface area contributed by atoms with E-state index in [-0.39, 0.29) is 5.97 Å². The fraction of sp³-hybridized carbons (Fsp3) is 0.929. The highest BCUT2D eigenvalue weighted by Crippen LogP contribution is 2.21. The zero-order chi connectivity index (χ0) is 13.8. The molecule has 1 aliphatic rings. The summed E-state index contributed by atoms with van der Waals surface area (Å²) in [6.45, 7) is 10.2. The topological polar surface area (TPSA) is 32.8 Å². The second-order valence-electron chi connectivity index (χ2n) is 6.00. The molecule has 106 valence electrons. The second-order valence-corrected chi connectivity index (χ2v) is 6.00. The van der Waals surface area contributed by atoms with E-state index < -0.39 is 5.41 Å². The molecule has 0 aliphatic carbocycles. The minimum Gasteiger partial charge on any atom is -0.469 e. The van der Waals surface area contributed by atoms with E-state index in [1.165, 1.54) is 26.5 Å². The van der Waals surface area contributed by atoms with Gasteiger partial charge in [-0.1, -0.05) is 6.92 Å². The van der Waals surface area contributed by atoms with Gasteiger partial charge in [-0.3, -0.25) is 9.69 Å². The van der Waals surface area contributed by atoms with E-state index >= 15 is 0 Å². The van der Waals surface area contributed by atoms with Crippen LogP contribution in [0.2, 0.25) is 0 Å². The first kappa shape index (κ1) is 15.4. The fourth-order valence-corrected chi connectivity index (χ4v) is 2.96. The number of likely N-dealkylation sites (tertiary alicyclic amines) is 1. The molecule has 1 unspecified atom stereocenters. The van der Waals surface area contributed by atoms with E-state index in [4.69, 9.17) is 4.74 Å². The first-order valence-electron chi connectivity index (χ1n) is 6.91. The fourth-order valence-electron chi connectivity index (χ4n) is 2.96. The normalized spacial score (nSPS) is 21.6. The predicted octanol–water partition coefficient (Wildman–Crippen LogP) is 1.60. The van der Waals surface area contributed by atoms with Crippen LogP contribution in [0.15, 0.2) is 0 Å². The summed E-state index contributed by atoms with van der Waals surface area (Å²) in [5.41, 5.74) is -0.431. The van der Waals surface area contributed by atoms with Crippen LogP contribution in [0.4, 0.5) is 0 Å². The summed E-state index contributed by atoms with van der Waals surface area (Å²) in [6, 6.07) is 0.647. The Morgan fingerprint density at radius 1 is 1.50 bits per heavy atom. The van der Waals surface area contributed by atoms with Crippen molar-refractivity contribution in [2.75, 3.05) is 40.3 Å². The van der Waals surface area contributed by atoms with Crippen LogP contribution in [0, 0.1) is 5.41 Å². The molecule has 1 heterocycles. The highest BCUT2D eigenvalue weighted by molar-refractivity contribution is 5.76. The average molecular weight is 256 g/mol. The molecular weight excluding hydrogens is 228 g/mol. The maximum Gasteiger partial charge on any atom is 0.312 e. The minimum absolute atomic E-state index is 0.131. The highest BCUT2D eigenvalue weighted by Gasteiger charge is 2.32. The smallest absolute Gasteiger partial charge is 0.312 e. The van der Waals surface area contributed by atoms with Gasteiger partial charge in [-0.25, -0.2) is 0 Å². The summed E-state index contributed by atoms with van der Waals surface area (Å²) < 4.78 is 4.85. The number of likely N-dealkylation sites (N-methyl/N-ethyl adjacent to an activating group) is 2. The number of esters is 1. The predicted molar refractivity (Wildman–Crippen MR) is 73.6 cm³/mol. The molecule has 1 rings (SSSR count). The number of hydrogen-bond donors (Lipinski definition) is 0. The minimum atomic E-state index is -0.431. The van der Waals surface area contributed by atoms with E-state index in [1.54, 1.807) is 0 Å². The summed E-state index contributed by atoms with van der Waals surface area (Å²) in [6.07, 6.45) is 2.57. The number of carbonyl (C=O) groups is 1. The lowest BCUT2D eigenvalue weighted by Gasteiger charge is -2.32. The van der Waals surface area contributed by atoms with Crippen molar-refractivity contribution < 1.29 is 9.53 Å². The third-order valence-corrected chi connectivity index (χ3v) is 3.83. The Labute approximate surface area is 111 Å². The van der Waals surface area contributed by atoms with E-state index in [1.807, 2.05) is 13.8 Å². The van der Waals surface area contributed by atoms with Crippen molar-refractivity contribution in [3.8, 4) is 0 Å². The largest absolute Gasteiger partial charge is 0.469 e. The Morgan fingerprint density at radius 3 is 2.72 bits per heavy atom. The van der Waals surface area contributed by atoms with E-state index in [2.05, 4.69) is 23.8 Å². The Kier molecular flexibility index (Phi) is 5.60. The maximum absolute atomic E-state index is 11.7. The number of rotatable bonds is 6. The molecule has 0 radical (unpaired) electrons. The quantitative estimate of drug-likeness (QED) is 0.676. The van der Waals surface area contributed by atoms with E-state index in [0.29, 0.717) is 6.04 Å². The van der Waals surface area contributed by atoms with Crippen LogP contribution in [0.3, 0.4) is 0 Å². The third-order valence-electron chi connectivity index (χ3n) is 3.83. The van der Waals surface area contributed by atoms with Crippen LogP contribution in [0.25, 0.3) is 0 Å². The van der Waals surface area contributed by atoms with Crippen molar-refractivity contribution in [3.63, 3.8) is 0 Å². The highest BCUT2D eigenvalue weighted by atomic mass is 16.5. The SMILES string of the molecule is CCN1CCCC1CN(C)CC(C)(C)C(=O)OC. The van der Waals surface area contributed by atoms with Crippen molar-refractivity contribution in [2.24, 2.45) is 5.41 Å². The summed E-state index contributed by atoms with van der Waals surface area (Å²) in [5.74, 6) is -0.131. The molecule has 0 amide bonds. The van der Waals surface area contributed by atoms with Crippen LogP contribution < -0.4 is 0 Å². The van der Waals surface area contributed by atoms with Gasteiger partial charge in [0, 0.05) is 19.1 Å². The molecule has 0 aromatic carbocycles. The van der Waals surface area contributed by atoms with Crippen molar-refractivity contribution >= 4 is 5.97 Å². The molecule has 0 bridgehead atoms. The Bertz CT molecular complexity index is 279. The molecule has 1 saturated heterocycles. The van der Waals surface area contributed by atoms with Crippen LogP contribution in [0.5, 0.6) is 0 Å². The van der Waals surface area contributed by atoms with Crippen molar-refractivity contribution in [2.45, 2.75) is 39.7 Å². The molecular formula is C14H28N2O2. The molecule has 4 nitrogen and oxygen atoms in total. The summed E-state index contributed by atoms with van der Waals surface area (Å²) in [5, 5.41) is 0. The van der Waals surface area contributed by atoms with Crippen molar-refractivity contribution in [1.29, 1.82) is 0 Å². The number of methoxy groups -OCH3 is 1. The van der Waals surface area contributed by atoms with E-state index in [0.717, 1.165) is 19.6 Å². The van der Waals surface area contributed by atoms with Crippen LogP contribution >= 0.6 is 0 Å². The van der Waals surface area contributed by atoms with Crippen LogP contribution in [0.1, 0.15) is 33.6 Å². The molecule has 1 atom stereocenters. The van der Waals surface area contributed by atoms with Crippen LogP contribution in [-0.4, -0.2) is 62.1 Å². The number of nitrogens with zero attached hydrogens (tertiary/aromatic N) is 2. The monoisotopic (exact) mass is 256 g/mol.